The van der Waals surface area contributed by atoms with Crippen LogP contribution >= 0.6 is 11.6 Å². The van der Waals surface area contributed by atoms with Gasteiger partial charge in [0, 0.05) is 26.5 Å². The molecule has 10 heteroatoms. The summed E-state index contributed by atoms with van der Waals surface area (Å²) in [7, 11) is -0.927. The predicted molar refractivity (Wildman–Crippen MR) is 93.6 cm³/mol. The Morgan fingerprint density at radius 3 is 2.68 bits per heavy atom. The van der Waals surface area contributed by atoms with Crippen LogP contribution in [-0.2, 0) is 14.9 Å². The van der Waals surface area contributed by atoms with Gasteiger partial charge in [0.05, 0.1) is 16.3 Å². The van der Waals surface area contributed by atoms with Gasteiger partial charge < -0.3 is 5.32 Å². The maximum Gasteiger partial charge on any atom is 0.276 e. The van der Waals surface area contributed by atoms with Crippen molar-refractivity contribution in [3.05, 3.63) is 53.3 Å². The first-order valence-electron chi connectivity index (χ1n) is 7.11. The summed E-state index contributed by atoms with van der Waals surface area (Å²) in [4.78, 5) is 20.6. The first-order chi connectivity index (χ1) is 11.8. The second-order valence-corrected chi connectivity index (χ2v) is 7.54. The Morgan fingerprint density at radius 1 is 1.28 bits per heavy atom. The maximum absolute atomic E-state index is 12.4. The van der Waals surface area contributed by atoms with Crippen molar-refractivity contribution in [3.63, 3.8) is 0 Å². The Hall–Kier alpha value is -2.20. The van der Waals surface area contributed by atoms with Gasteiger partial charge in [-0.05, 0) is 24.3 Å². The summed E-state index contributed by atoms with van der Waals surface area (Å²) in [6.07, 6.45) is 2.94. The fraction of sp³-hybridized carbons (Fsp3) is 0.200. The lowest BCUT2D eigenvalue weighted by Crippen LogP contribution is -2.27. The zero-order chi connectivity index (χ0) is 18.4. The summed E-state index contributed by atoms with van der Waals surface area (Å²) in [6.45, 7) is -0.164. The van der Waals surface area contributed by atoms with Crippen molar-refractivity contribution in [3.8, 4) is 0 Å². The van der Waals surface area contributed by atoms with Crippen LogP contribution in [0.2, 0.25) is 5.02 Å². The standard InChI is InChI=1S/C15H17ClN4O4S/c1-20(2)25(22,23)14-12(16)6-3-7-13(14)18-10-24-19-15(21)11-5-4-8-17-9-11/h3-9,18H,10H2,1-2H3,(H,19,21). The van der Waals surface area contributed by atoms with Gasteiger partial charge in [0.2, 0.25) is 10.0 Å². The molecule has 0 aliphatic heterocycles. The first-order valence-corrected chi connectivity index (χ1v) is 8.93. The molecule has 0 aliphatic rings. The van der Waals surface area contributed by atoms with Crippen LogP contribution in [0.4, 0.5) is 5.69 Å². The number of nitrogens with one attached hydrogen (secondary N) is 2. The number of pyridine rings is 1. The van der Waals surface area contributed by atoms with E-state index < -0.39 is 15.9 Å². The van der Waals surface area contributed by atoms with Gasteiger partial charge in [0.1, 0.15) is 11.6 Å². The minimum atomic E-state index is -3.75. The number of hydroxylamine groups is 1. The van der Waals surface area contributed by atoms with E-state index in [0.717, 1.165) is 4.31 Å². The molecule has 0 atom stereocenters. The summed E-state index contributed by atoms with van der Waals surface area (Å²) >= 11 is 6.04. The lowest BCUT2D eigenvalue weighted by Gasteiger charge is -2.17. The number of aromatic nitrogens is 1. The van der Waals surface area contributed by atoms with E-state index in [0.29, 0.717) is 5.56 Å². The Bertz CT molecular complexity index is 844. The highest BCUT2D eigenvalue weighted by molar-refractivity contribution is 7.89. The highest BCUT2D eigenvalue weighted by Crippen LogP contribution is 2.30. The molecule has 25 heavy (non-hydrogen) atoms. The normalized spacial score (nSPS) is 11.4. The monoisotopic (exact) mass is 384 g/mol. The molecule has 0 spiro atoms. The van der Waals surface area contributed by atoms with Crippen LogP contribution in [0.25, 0.3) is 0 Å². The van der Waals surface area contributed by atoms with E-state index in [9.17, 15) is 13.2 Å². The van der Waals surface area contributed by atoms with Gasteiger partial charge in [-0.1, -0.05) is 17.7 Å². The molecule has 1 heterocycles. The largest absolute Gasteiger partial charge is 0.359 e. The van der Waals surface area contributed by atoms with Gasteiger partial charge in [-0.2, -0.15) is 0 Å². The third kappa shape index (κ3) is 4.67. The zero-order valence-corrected chi connectivity index (χ0v) is 15.1. The quantitative estimate of drug-likeness (QED) is 0.428. The van der Waals surface area contributed by atoms with E-state index >= 15 is 0 Å². The number of amides is 1. The lowest BCUT2D eigenvalue weighted by atomic mass is 10.3. The van der Waals surface area contributed by atoms with Gasteiger partial charge in [-0.15, -0.1) is 0 Å². The third-order valence-corrected chi connectivity index (χ3v) is 5.47. The van der Waals surface area contributed by atoms with Crippen LogP contribution in [0.3, 0.4) is 0 Å². The smallest absolute Gasteiger partial charge is 0.276 e. The summed E-state index contributed by atoms with van der Waals surface area (Å²) < 4.78 is 25.8. The zero-order valence-electron chi connectivity index (χ0n) is 13.6. The van der Waals surface area contributed by atoms with E-state index in [2.05, 4.69) is 15.8 Å². The molecule has 0 radical (unpaired) electrons. The van der Waals surface area contributed by atoms with Crippen molar-refractivity contribution in [1.29, 1.82) is 0 Å². The van der Waals surface area contributed by atoms with Gasteiger partial charge in [0.15, 0.2) is 0 Å². The van der Waals surface area contributed by atoms with Gasteiger partial charge >= 0.3 is 0 Å². The topological polar surface area (TPSA) is 101 Å². The fourth-order valence-corrected chi connectivity index (χ4v) is 3.43. The van der Waals surface area contributed by atoms with E-state index in [1.165, 1.54) is 26.4 Å². The van der Waals surface area contributed by atoms with Crippen molar-refractivity contribution in [2.24, 2.45) is 0 Å². The van der Waals surface area contributed by atoms with Gasteiger partial charge in [0.25, 0.3) is 5.91 Å². The molecule has 8 nitrogen and oxygen atoms in total. The maximum atomic E-state index is 12.4. The number of hydrogen-bond acceptors (Lipinski definition) is 6. The molecule has 1 aromatic carbocycles. The Balaban J connectivity index is 2.02. The molecule has 0 saturated carbocycles. The number of halogens is 1. The van der Waals surface area contributed by atoms with Crippen molar-refractivity contribution in [1.82, 2.24) is 14.8 Å². The van der Waals surface area contributed by atoms with Gasteiger partial charge in [-0.25, -0.2) is 18.2 Å². The molecular weight excluding hydrogens is 368 g/mol. The summed E-state index contributed by atoms with van der Waals surface area (Å²) in [5.41, 5.74) is 2.83. The number of anilines is 1. The summed E-state index contributed by atoms with van der Waals surface area (Å²) in [6, 6.07) is 7.84. The van der Waals surface area contributed by atoms with Crippen LogP contribution in [0.15, 0.2) is 47.6 Å². The molecule has 2 aromatic rings. The van der Waals surface area contributed by atoms with E-state index in [1.807, 2.05) is 0 Å². The molecule has 0 unspecified atom stereocenters. The second kappa shape index (κ2) is 8.26. The van der Waals surface area contributed by atoms with Crippen LogP contribution in [0.5, 0.6) is 0 Å². The number of carbonyl (C=O) groups excluding carboxylic acids is 1. The summed E-state index contributed by atoms with van der Waals surface area (Å²) in [5.74, 6) is -0.470. The molecule has 134 valence electrons. The molecule has 0 saturated heterocycles. The minimum absolute atomic E-state index is 0.0659. The molecule has 0 aliphatic carbocycles. The predicted octanol–water partition coefficient (Wildman–Crippen LogP) is 1.72. The number of sulfonamides is 1. The molecule has 0 fully saturated rings. The van der Waals surface area contributed by atoms with E-state index in [4.69, 9.17) is 16.4 Å². The summed E-state index contributed by atoms with van der Waals surface area (Å²) in [5, 5.41) is 2.86. The average molecular weight is 385 g/mol. The first kappa shape index (κ1) is 19.1. The average Bonchev–Trinajstić information content (AvgIpc) is 2.59. The molecule has 1 amide bonds. The number of hydrogen-bond donors (Lipinski definition) is 2. The molecule has 0 bridgehead atoms. The van der Waals surface area contributed by atoms with Crippen molar-refractivity contribution >= 4 is 33.2 Å². The number of carbonyl (C=O) groups is 1. The van der Waals surface area contributed by atoms with Crippen LogP contribution < -0.4 is 10.8 Å². The highest BCUT2D eigenvalue weighted by Gasteiger charge is 2.24. The van der Waals surface area contributed by atoms with Crippen LogP contribution in [0.1, 0.15) is 10.4 Å². The Kier molecular flexibility index (Phi) is 6.32. The Labute approximate surface area is 150 Å². The highest BCUT2D eigenvalue weighted by atomic mass is 35.5. The van der Waals surface area contributed by atoms with E-state index in [1.54, 1.807) is 30.5 Å². The van der Waals surface area contributed by atoms with Crippen molar-refractivity contribution < 1.29 is 18.0 Å². The molecular formula is C15H17ClN4O4S. The van der Waals surface area contributed by atoms with Gasteiger partial charge in [-0.3, -0.25) is 14.6 Å². The molecule has 2 rings (SSSR count). The van der Waals surface area contributed by atoms with Crippen molar-refractivity contribution in [2.75, 3.05) is 26.1 Å². The number of benzene rings is 1. The minimum Gasteiger partial charge on any atom is -0.359 e. The second-order valence-electron chi connectivity index (χ2n) is 5.04. The van der Waals surface area contributed by atoms with Crippen LogP contribution in [-0.4, -0.2) is 44.4 Å². The SMILES string of the molecule is CN(C)S(=O)(=O)c1c(Cl)cccc1NCONC(=O)c1cccnc1. The van der Waals surface area contributed by atoms with Crippen molar-refractivity contribution in [2.45, 2.75) is 4.90 Å². The van der Waals surface area contributed by atoms with Crippen LogP contribution in [0, 0.1) is 0 Å². The third-order valence-electron chi connectivity index (χ3n) is 3.13. The Morgan fingerprint density at radius 2 is 2.04 bits per heavy atom. The lowest BCUT2D eigenvalue weighted by molar-refractivity contribution is 0.0383. The number of rotatable bonds is 7. The van der Waals surface area contributed by atoms with E-state index in [-0.39, 0.29) is 22.3 Å². The number of nitrogens with zero attached hydrogens (tertiary/aromatic N) is 2. The fourth-order valence-electron chi connectivity index (χ4n) is 1.86. The molecule has 1 aromatic heterocycles. The molecule has 2 N–H and O–H groups in total.